The predicted octanol–water partition coefficient (Wildman–Crippen LogP) is 0.704. The first-order valence-electron chi connectivity index (χ1n) is 4.64. The maximum Gasteiger partial charge on any atom is 0.245 e. The summed E-state index contributed by atoms with van der Waals surface area (Å²) in [5, 5.41) is 2.10. The number of benzene rings is 1. The normalized spacial score (nSPS) is 9.47. The number of anilines is 1. The molecule has 4 nitrogen and oxygen atoms in total. The molecule has 0 fully saturated rings. The third-order valence-electron chi connectivity index (χ3n) is 2.08. The van der Waals surface area contributed by atoms with Crippen molar-refractivity contribution in [3.05, 3.63) is 29.8 Å². The number of rotatable bonds is 4. The van der Waals surface area contributed by atoms with Crippen LogP contribution in [0.5, 0.6) is 0 Å². The highest BCUT2D eigenvalue weighted by molar-refractivity contribution is 5.89. The molecule has 0 aliphatic carbocycles. The average molecular weight is 206 g/mol. The van der Waals surface area contributed by atoms with E-state index in [9.17, 15) is 9.59 Å². The minimum atomic E-state index is -0.312. The van der Waals surface area contributed by atoms with Crippen LogP contribution in [0.1, 0.15) is 5.56 Å². The van der Waals surface area contributed by atoms with Gasteiger partial charge in [-0.2, -0.15) is 0 Å². The van der Waals surface area contributed by atoms with Gasteiger partial charge in [0.25, 0.3) is 0 Å². The highest BCUT2D eigenvalue weighted by atomic mass is 16.2. The summed E-state index contributed by atoms with van der Waals surface area (Å²) in [6.45, 7) is 2.17. The quantitative estimate of drug-likeness (QED) is 0.738. The third kappa shape index (κ3) is 3.42. The largest absolute Gasteiger partial charge is 0.365 e. The summed E-state index contributed by atoms with van der Waals surface area (Å²) in [6, 6.07) is 7.82. The lowest BCUT2D eigenvalue weighted by molar-refractivity contribution is -0.124. The summed E-state index contributed by atoms with van der Waals surface area (Å²) in [5.74, 6) is -0.312. The van der Waals surface area contributed by atoms with Crippen molar-refractivity contribution in [1.29, 1.82) is 0 Å². The zero-order chi connectivity index (χ0) is 11.3. The molecule has 0 saturated heterocycles. The standard InChI is InChI=1S/C11H14N2O2/c1-9-3-5-10(6-4-9)13(2)7-11(15)12-8-14/h3-6,8H,7H2,1-2H3,(H,12,14,15). The Labute approximate surface area is 88.9 Å². The first-order chi connectivity index (χ1) is 7.13. The van der Waals surface area contributed by atoms with Gasteiger partial charge in [-0.15, -0.1) is 0 Å². The molecule has 0 atom stereocenters. The highest BCUT2D eigenvalue weighted by Crippen LogP contribution is 2.12. The molecule has 0 aliphatic heterocycles. The summed E-state index contributed by atoms with van der Waals surface area (Å²) in [6.07, 6.45) is 0.394. The van der Waals surface area contributed by atoms with Crippen LogP contribution in [0.25, 0.3) is 0 Å². The van der Waals surface area contributed by atoms with E-state index in [4.69, 9.17) is 0 Å². The van der Waals surface area contributed by atoms with Gasteiger partial charge >= 0.3 is 0 Å². The van der Waals surface area contributed by atoms with Gasteiger partial charge < -0.3 is 4.90 Å². The number of carbonyl (C=O) groups excluding carboxylic acids is 2. The van der Waals surface area contributed by atoms with Crippen LogP contribution in [0.15, 0.2) is 24.3 Å². The van der Waals surface area contributed by atoms with Crippen LogP contribution in [0.4, 0.5) is 5.69 Å². The molecule has 1 aromatic carbocycles. The summed E-state index contributed by atoms with van der Waals surface area (Å²) < 4.78 is 0. The van der Waals surface area contributed by atoms with Crippen molar-refractivity contribution < 1.29 is 9.59 Å². The molecule has 4 heteroatoms. The molecule has 0 aliphatic rings. The van der Waals surface area contributed by atoms with Gasteiger partial charge in [0.1, 0.15) is 0 Å². The van der Waals surface area contributed by atoms with Gasteiger partial charge in [-0.3, -0.25) is 14.9 Å². The lowest BCUT2D eigenvalue weighted by atomic mass is 10.2. The third-order valence-corrected chi connectivity index (χ3v) is 2.08. The first kappa shape index (κ1) is 11.2. The number of nitrogens with zero attached hydrogens (tertiary/aromatic N) is 1. The van der Waals surface area contributed by atoms with E-state index in [1.54, 1.807) is 11.9 Å². The second-order valence-corrected chi connectivity index (χ2v) is 3.38. The predicted molar refractivity (Wildman–Crippen MR) is 58.7 cm³/mol. The van der Waals surface area contributed by atoms with Gasteiger partial charge in [0.15, 0.2) is 0 Å². The fraction of sp³-hybridized carbons (Fsp3) is 0.273. The number of hydrogen-bond donors (Lipinski definition) is 1. The Morgan fingerprint density at radius 2 is 2.00 bits per heavy atom. The molecule has 2 amide bonds. The van der Waals surface area contributed by atoms with E-state index in [1.807, 2.05) is 31.2 Å². The van der Waals surface area contributed by atoms with Gasteiger partial charge in [0, 0.05) is 12.7 Å². The summed E-state index contributed by atoms with van der Waals surface area (Å²) >= 11 is 0. The lowest BCUT2D eigenvalue weighted by Gasteiger charge is -2.17. The Hall–Kier alpha value is -1.84. The summed E-state index contributed by atoms with van der Waals surface area (Å²) in [5.41, 5.74) is 2.12. The van der Waals surface area contributed by atoms with E-state index in [-0.39, 0.29) is 12.5 Å². The zero-order valence-electron chi connectivity index (χ0n) is 8.86. The SMILES string of the molecule is Cc1ccc(N(C)CC(=O)NC=O)cc1. The van der Waals surface area contributed by atoms with E-state index < -0.39 is 0 Å². The van der Waals surface area contributed by atoms with Gasteiger partial charge in [-0.1, -0.05) is 17.7 Å². The first-order valence-corrected chi connectivity index (χ1v) is 4.64. The molecule has 0 heterocycles. The topological polar surface area (TPSA) is 49.4 Å². The number of aryl methyl sites for hydroxylation is 1. The minimum Gasteiger partial charge on any atom is -0.365 e. The van der Waals surface area contributed by atoms with Crippen molar-refractivity contribution in [3.8, 4) is 0 Å². The summed E-state index contributed by atoms with van der Waals surface area (Å²) in [4.78, 5) is 22.9. The van der Waals surface area contributed by atoms with Crippen LogP contribution >= 0.6 is 0 Å². The molecule has 1 aromatic rings. The number of amides is 2. The fourth-order valence-corrected chi connectivity index (χ4v) is 1.22. The van der Waals surface area contributed by atoms with Crippen molar-refractivity contribution >= 4 is 18.0 Å². The van der Waals surface area contributed by atoms with Crippen molar-refractivity contribution in [2.45, 2.75) is 6.92 Å². The molecule has 0 radical (unpaired) electrons. The van der Waals surface area contributed by atoms with Crippen LogP contribution in [0.3, 0.4) is 0 Å². The van der Waals surface area contributed by atoms with Crippen LogP contribution in [0, 0.1) is 6.92 Å². The second kappa shape index (κ2) is 5.14. The number of hydrogen-bond acceptors (Lipinski definition) is 3. The van der Waals surface area contributed by atoms with Gasteiger partial charge in [0.05, 0.1) is 6.54 Å². The molecule has 80 valence electrons. The maximum atomic E-state index is 11.1. The van der Waals surface area contributed by atoms with Crippen LogP contribution in [-0.2, 0) is 9.59 Å². The Balaban J connectivity index is 2.60. The number of nitrogens with one attached hydrogen (secondary N) is 1. The van der Waals surface area contributed by atoms with E-state index in [0.717, 1.165) is 5.69 Å². The minimum absolute atomic E-state index is 0.168. The monoisotopic (exact) mass is 206 g/mol. The molecule has 1 rings (SSSR count). The van der Waals surface area contributed by atoms with Crippen molar-refractivity contribution in [2.75, 3.05) is 18.5 Å². The molecule has 0 spiro atoms. The van der Waals surface area contributed by atoms with Gasteiger partial charge in [-0.25, -0.2) is 0 Å². The van der Waals surface area contributed by atoms with Crippen LogP contribution in [-0.4, -0.2) is 25.9 Å². The lowest BCUT2D eigenvalue weighted by Crippen LogP contribution is -2.34. The average Bonchev–Trinajstić information content (AvgIpc) is 2.18. The molecule has 0 unspecified atom stereocenters. The van der Waals surface area contributed by atoms with Gasteiger partial charge in [-0.05, 0) is 19.1 Å². The molecule has 1 N–H and O–H groups in total. The molecular formula is C11H14N2O2. The van der Waals surface area contributed by atoms with Crippen LogP contribution < -0.4 is 10.2 Å². The Kier molecular flexibility index (Phi) is 3.85. The van der Waals surface area contributed by atoms with E-state index in [1.165, 1.54) is 5.56 Å². The second-order valence-electron chi connectivity index (χ2n) is 3.38. The Morgan fingerprint density at radius 1 is 1.40 bits per heavy atom. The smallest absolute Gasteiger partial charge is 0.245 e. The van der Waals surface area contributed by atoms with Crippen molar-refractivity contribution in [3.63, 3.8) is 0 Å². The van der Waals surface area contributed by atoms with Crippen molar-refractivity contribution in [2.24, 2.45) is 0 Å². The zero-order valence-corrected chi connectivity index (χ0v) is 8.86. The maximum absolute atomic E-state index is 11.1. The van der Waals surface area contributed by atoms with Crippen LogP contribution in [0.2, 0.25) is 0 Å². The number of imide groups is 1. The molecular weight excluding hydrogens is 192 g/mol. The van der Waals surface area contributed by atoms with E-state index >= 15 is 0 Å². The van der Waals surface area contributed by atoms with E-state index in [0.29, 0.717) is 6.41 Å². The number of carbonyl (C=O) groups is 2. The molecule has 15 heavy (non-hydrogen) atoms. The molecule has 0 bridgehead atoms. The highest BCUT2D eigenvalue weighted by Gasteiger charge is 2.05. The Bertz CT molecular complexity index is 346. The molecule has 0 saturated carbocycles. The Morgan fingerprint density at radius 3 is 2.53 bits per heavy atom. The van der Waals surface area contributed by atoms with E-state index in [2.05, 4.69) is 5.32 Å². The van der Waals surface area contributed by atoms with Crippen molar-refractivity contribution in [1.82, 2.24) is 5.32 Å². The summed E-state index contributed by atoms with van der Waals surface area (Å²) in [7, 11) is 1.80. The van der Waals surface area contributed by atoms with Gasteiger partial charge in [0.2, 0.25) is 12.3 Å². The fourth-order valence-electron chi connectivity index (χ4n) is 1.22. The number of likely N-dealkylation sites (N-methyl/N-ethyl adjacent to an activating group) is 1. The molecule has 0 aromatic heterocycles.